The van der Waals surface area contributed by atoms with Crippen LogP contribution < -0.4 is 19.9 Å². The maximum atomic E-state index is 11.3. The Morgan fingerprint density at radius 1 is 1.47 bits per heavy atom. The first-order valence-corrected chi connectivity index (χ1v) is 6.55. The molecule has 0 unspecified atom stereocenters. The molecule has 4 N–H and O–H groups in total. The average molecular weight is 275 g/mol. The summed E-state index contributed by atoms with van der Waals surface area (Å²) in [6.45, 7) is 0.0492. The molecule has 0 aliphatic carbocycles. The summed E-state index contributed by atoms with van der Waals surface area (Å²) in [7, 11) is -2.27. The van der Waals surface area contributed by atoms with Crippen LogP contribution in [0.25, 0.3) is 0 Å². The van der Waals surface area contributed by atoms with E-state index in [1.165, 1.54) is 7.05 Å². The molecule has 17 heavy (non-hydrogen) atoms. The molecule has 1 aromatic carbocycles. The molecular weight excluding hydrogens is 262 g/mol. The molecule has 8 heteroatoms. The highest BCUT2D eigenvalue weighted by Gasteiger charge is 2.10. The van der Waals surface area contributed by atoms with Gasteiger partial charge in [-0.1, -0.05) is 24.4 Å². The van der Waals surface area contributed by atoms with E-state index in [1.807, 2.05) is 0 Å². The van der Waals surface area contributed by atoms with Gasteiger partial charge in [-0.25, -0.2) is 4.72 Å². The molecule has 0 aliphatic heterocycles. The fourth-order valence-corrected chi connectivity index (χ4v) is 1.64. The zero-order valence-electron chi connectivity index (χ0n) is 9.14. The van der Waals surface area contributed by atoms with Crippen LogP contribution in [0.3, 0.4) is 0 Å². The third-order valence-corrected chi connectivity index (χ3v) is 2.91. The summed E-state index contributed by atoms with van der Waals surface area (Å²) in [5.74, 6) is 0.360. The van der Waals surface area contributed by atoms with Gasteiger partial charge in [-0.3, -0.25) is 4.72 Å². The molecule has 1 aromatic rings. The zero-order valence-corrected chi connectivity index (χ0v) is 10.8. The van der Waals surface area contributed by atoms with Gasteiger partial charge in [0.05, 0.1) is 5.69 Å². The number of ether oxygens (including phenoxy) is 1. The van der Waals surface area contributed by atoms with Crippen molar-refractivity contribution in [2.75, 3.05) is 18.4 Å². The van der Waals surface area contributed by atoms with Crippen LogP contribution in [0.1, 0.15) is 0 Å². The van der Waals surface area contributed by atoms with Crippen LogP contribution >= 0.6 is 12.2 Å². The first-order valence-electron chi connectivity index (χ1n) is 4.66. The Kier molecular flexibility index (Phi) is 4.67. The molecule has 0 spiro atoms. The van der Waals surface area contributed by atoms with Crippen LogP contribution in [0.4, 0.5) is 5.69 Å². The quantitative estimate of drug-likeness (QED) is 0.646. The third-order valence-electron chi connectivity index (χ3n) is 1.77. The Hall–Kier alpha value is -1.38. The first kappa shape index (κ1) is 13.7. The van der Waals surface area contributed by atoms with Crippen LogP contribution in [0.5, 0.6) is 5.75 Å². The lowest BCUT2D eigenvalue weighted by molar-refractivity contribution is 0.379. The Morgan fingerprint density at radius 3 is 2.71 bits per heavy atom. The normalized spacial score (nSPS) is 10.9. The molecule has 0 heterocycles. The van der Waals surface area contributed by atoms with Crippen molar-refractivity contribution in [3.8, 4) is 5.75 Å². The molecule has 0 aliphatic rings. The molecule has 1 rings (SSSR count). The number of nitrogens with one attached hydrogen (secondary N) is 2. The van der Waals surface area contributed by atoms with Gasteiger partial charge in [-0.2, -0.15) is 8.42 Å². The topological polar surface area (TPSA) is 93.5 Å². The largest absolute Gasteiger partial charge is 0.484 e. The van der Waals surface area contributed by atoms with E-state index in [0.29, 0.717) is 11.4 Å². The fraction of sp³-hybridized carbons (Fsp3) is 0.222. The average Bonchev–Trinajstić information content (AvgIpc) is 2.27. The number of para-hydroxylation sites is 2. The van der Waals surface area contributed by atoms with Gasteiger partial charge < -0.3 is 10.5 Å². The van der Waals surface area contributed by atoms with Crippen LogP contribution in [-0.4, -0.2) is 27.1 Å². The maximum absolute atomic E-state index is 11.3. The van der Waals surface area contributed by atoms with Gasteiger partial charge in [0, 0.05) is 7.05 Å². The van der Waals surface area contributed by atoms with Gasteiger partial charge in [0.25, 0.3) is 10.2 Å². The standard InChI is InChI=1S/C9H13N3O3S2/c1-11-17(13,14)12-7-4-2-3-5-8(7)15-6-9(10)16/h2-5,11-12H,6H2,1H3,(H2,10,16). The number of benzene rings is 1. The molecule has 0 aromatic heterocycles. The second kappa shape index (κ2) is 5.80. The van der Waals surface area contributed by atoms with Gasteiger partial charge in [-0.15, -0.1) is 0 Å². The number of hydrogen-bond donors (Lipinski definition) is 3. The van der Waals surface area contributed by atoms with E-state index >= 15 is 0 Å². The maximum Gasteiger partial charge on any atom is 0.298 e. The molecule has 0 amide bonds. The highest BCUT2D eigenvalue weighted by atomic mass is 32.2. The van der Waals surface area contributed by atoms with E-state index in [-0.39, 0.29) is 11.6 Å². The summed E-state index contributed by atoms with van der Waals surface area (Å²) in [6, 6.07) is 6.59. The van der Waals surface area contributed by atoms with Crippen LogP contribution in [0, 0.1) is 0 Å². The third kappa shape index (κ3) is 4.55. The zero-order chi connectivity index (χ0) is 12.9. The van der Waals surface area contributed by atoms with E-state index in [2.05, 4.69) is 21.7 Å². The van der Waals surface area contributed by atoms with Crippen molar-refractivity contribution in [1.82, 2.24) is 4.72 Å². The molecule has 0 atom stereocenters. The number of anilines is 1. The summed E-state index contributed by atoms with van der Waals surface area (Å²) < 4.78 is 32.4. The molecule has 0 radical (unpaired) electrons. The van der Waals surface area contributed by atoms with Gasteiger partial charge in [0.15, 0.2) is 0 Å². The fourth-order valence-electron chi connectivity index (χ4n) is 1.02. The number of rotatable bonds is 6. The summed E-state index contributed by atoms with van der Waals surface area (Å²) in [4.78, 5) is 0.191. The molecule has 0 saturated carbocycles. The Bertz CT molecular complexity index is 502. The van der Waals surface area contributed by atoms with E-state index in [4.69, 9.17) is 10.5 Å². The molecular formula is C9H13N3O3S2. The molecule has 0 bridgehead atoms. The summed E-state index contributed by atoms with van der Waals surface area (Å²) in [6.07, 6.45) is 0. The minimum absolute atomic E-state index is 0.0492. The van der Waals surface area contributed by atoms with Crippen molar-refractivity contribution in [1.29, 1.82) is 0 Å². The number of thiocarbonyl (C=S) groups is 1. The van der Waals surface area contributed by atoms with E-state index < -0.39 is 10.2 Å². The van der Waals surface area contributed by atoms with Crippen molar-refractivity contribution < 1.29 is 13.2 Å². The molecule has 0 fully saturated rings. The van der Waals surface area contributed by atoms with Crippen molar-refractivity contribution in [2.24, 2.45) is 5.73 Å². The monoisotopic (exact) mass is 275 g/mol. The number of hydrogen-bond acceptors (Lipinski definition) is 4. The Balaban J connectivity index is 2.88. The van der Waals surface area contributed by atoms with Crippen molar-refractivity contribution in [3.63, 3.8) is 0 Å². The first-order chi connectivity index (χ1) is 7.94. The summed E-state index contributed by atoms with van der Waals surface area (Å²) in [5.41, 5.74) is 5.62. The van der Waals surface area contributed by atoms with Crippen molar-refractivity contribution >= 4 is 33.1 Å². The minimum Gasteiger partial charge on any atom is -0.484 e. The molecule has 6 nitrogen and oxygen atoms in total. The second-order valence-electron chi connectivity index (χ2n) is 3.06. The lowest BCUT2D eigenvalue weighted by Crippen LogP contribution is -2.27. The predicted molar refractivity (Wildman–Crippen MR) is 70.3 cm³/mol. The predicted octanol–water partition coefficient (Wildman–Crippen LogP) is 0.228. The molecule has 0 saturated heterocycles. The van der Waals surface area contributed by atoms with Crippen molar-refractivity contribution in [2.45, 2.75) is 0 Å². The molecule has 94 valence electrons. The van der Waals surface area contributed by atoms with E-state index in [1.54, 1.807) is 24.3 Å². The smallest absolute Gasteiger partial charge is 0.298 e. The Labute approximate surface area is 105 Å². The van der Waals surface area contributed by atoms with Crippen LogP contribution in [0.15, 0.2) is 24.3 Å². The summed E-state index contributed by atoms with van der Waals surface area (Å²) in [5, 5.41) is 0. The van der Waals surface area contributed by atoms with Gasteiger partial charge in [-0.05, 0) is 12.1 Å². The SMILES string of the molecule is CNS(=O)(=O)Nc1ccccc1OCC(N)=S. The van der Waals surface area contributed by atoms with E-state index in [9.17, 15) is 8.42 Å². The highest BCUT2D eigenvalue weighted by molar-refractivity contribution is 7.90. The Morgan fingerprint density at radius 2 is 2.12 bits per heavy atom. The lowest BCUT2D eigenvalue weighted by Gasteiger charge is -2.12. The van der Waals surface area contributed by atoms with Gasteiger partial charge in [0.1, 0.15) is 17.3 Å². The van der Waals surface area contributed by atoms with Gasteiger partial charge >= 0.3 is 0 Å². The van der Waals surface area contributed by atoms with Crippen molar-refractivity contribution in [3.05, 3.63) is 24.3 Å². The van der Waals surface area contributed by atoms with Gasteiger partial charge in [0.2, 0.25) is 0 Å². The minimum atomic E-state index is -3.58. The number of nitrogens with two attached hydrogens (primary N) is 1. The van der Waals surface area contributed by atoms with Crippen LogP contribution in [0.2, 0.25) is 0 Å². The lowest BCUT2D eigenvalue weighted by atomic mass is 10.3. The highest BCUT2D eigenvalue weighted by Crippen LogP contribution is 2.24. The van der Waals surface area contributed by atoms with Crippen LogP contribution in [-0.2, 0) is 10.2 Å². The van der Waals surface area contributed by atoms with E-state index in [0.717, 1.165) is 0 Å². The summed E-state index contributed by atoms with van der Waals surface area (Å²) >= 11 is 4.67. The second-order valence-corrected chi connectivity index (χ2v) is 5.20.